The first kappa shape index (κ1) is 13.9. The van der Waals surface area contributed by atoms with E-state index in [1.54, 1.807) is 37.4 Å². The van der Waals surface area contributed by atoms with Crippen LogP contribution >= 0.6 is 0 Å². The number of hydrogen-bond donors (Lipinski definition) is 1. The van der Waals surface area contributed by atoms with E-state index < -0.39 is 0 Å². The molecule has 2 aromatic heterocycles. The number of hydrogen-bond acceptors (Lipinski definition) is 6. The highest BCUT2D eigenvalue weighted by molar-refractivity contribution is 6.02. The van der Waals surface area contributed by atoms with E-state index in [2.05, 4.69) is 25.5 Å². The zero-order valence-corrected chi connectivity index (χ0v) is 12.1. The fraction of sp³-hybridized carbons (Fsp3) is 0.133. The molecule has 0 saturated carbocycles. The molecule has 0 fully saturated rings. The van der Waals surface area contributed by atoms with Gasteiger partial charge in [-0.15, -0.1) is 10.2 Å². The molecular formula is C15H13N5O2. The van der Waals surface area contributed by atoms with Crippen LogP contribution < -0.4 is 5.32 Å². The van der Waals surface area contributed by atoms with Gasteiger partial charge in [-0.3, -0.25) is 9.78 Å². The van der Waals surface area contributed by atoms with Crippen LogP contribution in [0.1, 0.15) is 22.1 Å². The average Bonchev–Trinajstić information content (AvgIpc) is 2.95. The third-order valence-electron chi connectivity index (χ3n) is 2.93. The van der Waals surface area contributed by atoms with E-state index >= 15 is 0 Å². The Morgan fingerprint density at radius 2 is 1.82 bits per heavy atom. The molecule has 7 heteroatoms. The van der Waals surface area contributed by atoms with Gasteiger partial charge in [-0.1, -0.05) is 0 Å². The maximum absolute atomic E-state index is 12.0. The van der Waals surface area contributed by atoms with Crippen molar-refractivity contribution < 1.29 is 9.21 Å². The van der Waals surface area contributed by atoms with Crippen molar-refractivity contribution >= 4 is 11.6 Å². The molecule has 0 saturated heterocycles. The number of aromatic nitrogens is 4. The van der Waals surface area contributed by atoms with Crippen molar-refractivity contribution in [3.8, 4) is 11.5 Å². The van der Waals surface area contributed by atoms with Crippen molar-refractivity contribution in [2.24, 2.45) is 0 Å². The predicted molar refractivity (Wildman–Crippen MR) is 79.2 cm³/mol. The topological polar surface area (TPSA) is 93.8 Å². The van der Waals surface area contributed by atoms with E-state index in [4.69, 9.17) is 4.42 Å². The third kappa shape index (κ3) is 2.98. The Labute approximate surface area is 126 Å². The van der Waals surface area contributed by atoms with E-state index in [1.165, 1.54) is 6.20 Å². The molecule has 2 heterocycles. The Morgan fingerprint density at radius 3 is 2.41 bits per heavy atom. The summed E-state index contributed by atoms with van der Waals surface area (Å²) in [6.45, 7) is 3.54. The van der Waals surface area contributed by atoms with Crippen molar-refractivity contribution in [2.45, 2.75) is 13.8 Å². The van der Waals surface area contributed by atoms with Gasteiger partial charge in [0.2, 0.25) is 11.8 Å². The first-order valence-electron chi connectivity index (χ1n) is 6.62. The number of carbonyl (C=O) groups is 1. The summed E-state index contributed by atoms with van der Waals surface area (Å²) in [5, 5.41) is 10.5. The number of anilines is 1. The van der Waals surface area contributed by atoms with Crippen LogP contribution in [0.2, 0.25) is 0 Å². The minimum Gasteiger partial charge on any atom is -0.421 e. The Kier molecular flexibility index (Phi) is 3.61. The number of nitrogens with zero attached hydrogens (tertiary/aromatic N) is 4. The van der Waals surface area contributed by atoms with Crippen LogP contribution in [0.15, 0.2) is 41.1 Å². The maximum Gasteiger partial charge on any atom is 0.275 e. The molecule has 0 unspecified atom stereocenters. The standard InChI is InChI=1S/C15H13N5O2/c1-9-7-17-13(8-16-9)14(21)18-12-5-3-11(4-6-12)15-20-19-10(2)22-15/h3-8H,1-2H3,(H,18,21). The summed E-state index contributed by atoms with van der Waals surface area (Å²) in [6.07, 6.45) is 3.00. The molecule has 1 N–H and O–H groups in total. The number of nitrogens with one attached hydrogen (secondary N) is 1. The lowest BCUT2D eigenvalue weighted by atomic mass is 10.2. The van der Waals surface area contributed by atoms with Gasteiger partial charge < -0.3 is 9.73 Å². The molecule has 3 rings (SSSR count). The minimum absolute atomic E-state index is 0.266. The van der Waals surface area contributed by atoms with Crippen molar-refractivity contribution in [3.63, 3.8) is 0 Å². The van der Waals surface area contributed by atoms with Gasteiger partial charge in [0.1, 0.15) is 5.69 Å². The summed E-state index contributed by atoms with van der Waals surface area (Å²) in [4.78, 5) is 20.1. The summed E-state index contributed by atoms with van der Waals surface area (Å²) in [5.41, 5.74) is 2.46. The lowest BCUT2D eigenvalue weighted by Crippen LogP contribution is -2.14. The van der Waals surface area contributed by atoms with E-state index in [0.717, 1.165) is 11.3 Å². The Hall–Kier alpha value is -3.09. The van der Waals surface area contributed by atoms with Crippen molar-refractivity contribution in [2.75, 3.05) is 5.32 Å². The van der Waals surface area contributed by atoms with Gasteiger partial charge in [0, 0.05) is 24.4 Å². The zero-order chi connectivity index (χ0) is 15.5. The number of rotatable bonds is 3. The Morgan fingerprint density at radius 1 is 1.05 bits per heavy atom. The lowest BCUT2D eigenvalue weighted by Gasteiger charge is -2.05. The SMILES string of the molecule is Cc1cnc(C(=O)Nc2ccc(-c3nnc(C)o3)cc2)cn1. The molecule has 1 aromatic carbocycles. The lowest BCUT2D eigenvalue weighted by molar-refractivity contribution is 0.102. The second-order valence-electron chi connectivity index (χ2n) is 4.70. The highest BCUT2D eigenvalue weighted by atomic mass is 16.4. The average molecular weight is 295 g/mol. The van der Waals surface area contributed by atoms with E-state index in [-0.39, 0.29) is 11.6 Å². The third-order valence-corrected chi connectivity index (χ3v) is 2.93. The molecule has 0 bridgehead atoms. The molecule has 0 atom stereocenters. The van der Waals surface area contributed by atoms with Crippen molar-refractivity contribution in [1.29, 1.82) is 0 Å². The molecule has 1 amide bonds. The van der Waals surface area contributed by atoms with Gasteiger partial charge in [-0.2, -0.15) is 0 Å². The summed E-state index contributed by atoms with van der Waals surface area (Å²) in [5.74, 6) is 0.638. The van der Waals surface area contributed by atoms with Crippen LogP contribution in [0.4, 0.5) is 5.69 Å². The van der Waals surface area contributed by atoms with Gasteiger partial charge in [0.05, 0.1) is 11.9 Å². The monoisotopic (exact) mass is 295 g/mol. The van der Waals surface area contributed by atoms with Gasteiger partial charge in [-0.25, -0.2) is 4.98 Å². The second-order valence-corrected chi connectivity index (χ2v) is 4.70. The van der Waals surface area contributed by atoms with Crippen LogP contribution in [-0.2, 0) is 0 Å². The molecule has 0 spiro atoms. The fourth-order valence-corrected chi connectivity index (χ4v) is 1.81. The van der Waals surface area contributed by atoms with Crippen LogP contribution in [-0.4, -0.2) is 26.1 Å². The summed E-state index contributed by atoms with van der Waals surface area (Å²) in [6, 6.07) is 7.11. The highest BCUT2D eigenvalue weighted by Gasteiger charge is 2.09. The van der Waals surface area contributed by atoms with E-state index in [1.807, 2.05) is 6.92 Å². The maximum atomic E-state index is 12.0. The quantitative estimate of drug-likeness (QED) is 0.797. The molecule has 7 nitrogen and oxygen atoms in total. The van der Waals surface area contributed by atoms with Crippen LogP contribution in [0.25, 0.3) is 11.5 Å². The molecule has 110 valence electrons. The van der Waals surface area contributed by atoms with Crippen LogP contribution in [0.3, 0.4) is 0 Å². The number of benzene rings is 1. The minimum atomic E-state index is -0.311. The second kappa shape index (κ2) is 5.72. The molecule has 0 radical (unpaired) electrons. The fourth-order valence-electron chi connectivity index (χ4n) is 1.81. The predicted octanol–water partition coefficient (Wildman–Crippen LogP) is 2.40. The van der Waals surface area contributed by atoms with Gasteiger partial charge >= 0.3 is 0 Å². The summed E-state index contributed by atoms with van der Waals surface area (Å²) in [7, 11) is 0. The van der Waals surface area contributed by atoms with Gasteiger partial charge in [0.15, 0.2) is 0 Å². The molecule has 22 heavy (non-hydrogen) atoms. The Bertz CT molecular complexity index is 794. The first-order valence-corrected chi connectivity index (χ1v) is 6.62. The van der Waals surface area contributed by atoms with Gasteiger partial charge in [0.25, 0.3) is 5.91 Å². The van der Waals surface area contributed by atoms with E-state index in [9.17, 15) is 4.79 Å². The molecule has 0 aliphatic rings. The van der Waals surface area contributed by atoms with Crippen molar-refractivity contribution in [1.82, 2.24) is 20.2 Å². The largest absolute Gasteiger partial charge is 0.421 e. The highest BCUT2D eigenvalue weighted by Crippen LogP contribution is 2.20. The Balaban J connectivity index is 1.73. The smallest absolute Gasteiger partial charge is 0.275 e. The summed E-state index contributed by atoms with van der Waals surface area (Å²) < 4.78 is 5.34. The van der Waals surface area contributed by atoms with Gasteiger partial charge in [-0.05, 0) is 31.2 Å². The first-order chi connectivity index (χ1) is 10.6. The molecule has 3 aromatic rings. The zero-order valence-electron chi connectivity index (χ0n) is 12.1. The van der Waals surface area contributed by atoms with Crippen molar-refractivity contribution in [3.05, 3.63) is 53.9 Å². The number of carbonyl (C=O) groups excluding carboxylic acids is 1. The van der Waals surface area contributed by atoms with E-state index in [0.29, 0.717) is 17.5 Å². The summed E-state index contributed by atoms with van der Waals surface area (Å²) >= 11 is 0. The normalized spacial score (nSPS) is 10.5. The van der Waals surface area contributed by atoms with Crippen LogP contribution in [0, 0.1) is 13.8 Å². The molecule has 0 aliphatic carbocycles. The molecule has 0 aliphatic heterocycles. The number of amides is 1. The molecular weight excluding hydrogens is 282 g/mol. The number of aryl methyl sites for hydroxylation is 2. The van der Waals surface area contributed by atoms with Crippen LogP contribution in [0.5, 0.6) is 0 Å².